The number of rotatable bonds is 43. The second-order valence-corrected chi connectivity index (χ2v) is 18.2. The second kappa shape index (κ2) is 40.4. The Balaban J connectivity index is 2.40. The minimum Gasteiger partial charge on any atom is -0.394 e. The van der Waals surface area contributed by atoms with Gasteiger partial charge in [-0.2, -0.15) is 0 Å². The Morgan fingerprint density at radius 2 is 0.967 bits per heavy atom. The molecule has 0 aromatic heterocycles. The highest BCUT2D eigenvalue weighted by atomic mass is 16.7. The minimum atomic E-state index is -1.66. The number of ether oxygens (including phenoxy) is 2. The van der Waals surface area contributed by atoms with Gasteiger partial charge in [0.2, 0.25) is 5.91 Å². The first-order valence-electron chi connectivity index (χ1n) is 25.6. The van der Waals surface area contributed by atoms with Crippen LogP contribution in [0, 0.1) is 0 Å². The van der Waals surface area contributed by atoms with Gasteiger partial charge >= 0.3 is 0 Å². The average molecular weight is 872 g/mol. The van der Waals surface area contributed by atoms with Crippen molar-refractivity contribution in [1.82, 2.24) is 5.32 Å². The minimum absolute atomic E-state index is 0.258. The molecule has 0 spiro atoms. The predicted molar refractivity (Wildman–Crippen MR) is 247 cm³/mol. The van der Waals surface area contributed by atoms with Crippen LogP contribution in [0.15, 0.2) is 12.2 Å². The van der Waals surface area contributed by atoms with Crippen LogP contribution >= 0.6 is 0 Å². The Morgan fingerprint density at radius 1 is 0.557 bits per heavy atom. The molecule has 0 saturated carbocycles. The maximum absolute atomic E-state index is 13.1. The van der Waals surface area contributed by atoms with Crippen molar-refractivity contribution in [3.63, 3.8) is 0 Å². The zero-order valence-corrected chi connectivity index (χ0v) is 39.2. The maximum Gasteiger partial charge on any atom is 0.249 e. The fourth-order valence-electron chi connectivity index (χ4n) is 8.32. The van der Waals surface area contributed by atoms with E-state index in [1.165, 1.54) is 154 Å². The Morgan fingerprint density at radius 3 is 1.41 bits per heavy atom. The number of allylic oxidation sites excluding steroid dienone is 2. The van der Waals surface area contributed by atoms with E-state index in [0.717, 1.165) is 38.5 Å². The molecule has 9 unspecified atom stereocenters. The van der Waals surface area contributed by atoms with Crippen LogP contribution in [0.25, 0.3) is 0 Å². The van der Waals surface area contributed by atoms with Crippen molar-refractivity contribution in [2.45, 2.75) is 287 Å². The number of carbonyl (C=O) groups excluding carboxylic acids is 1. The number of aliphatic hydroxyl groups is 7. The van der Waals surface area contributed by atoms with Crippen molar-refractivity contribution in [2.75, 3.05) is 13.2 Å². The molecule has 0 aliphatic carbocycles. The number of carbonyl (C=O) groups is 1. The largest absolute Gasteiger partial charge is 0.394 e. The molecule has 0 aromatic carbocycles. The van der Waals surface area contributed by atoms with E-state index in [9.17, 15) is 40.5 Å². The fraction of sp³-hybridized carbons (Fsp3) is 0.940. The number of hydrogen-bond acceptors (Lipinski definition) is 10. The smallest absolute Gasteiger partial charge is 0.249 e. The number of nitrogens with one attached hydrogen (secondary N) is 1. The molecule has 0 bridgehead atoms. The third kappa shape index (κ3) is 29.8. The molecule has 1 saturated heterocycles. The predicted octanol–water partition coefficient (Wildman–Crippen LogP) is 9.23. The first kappa shape index (κ1) is 57.9. The molecular formula is C50H97NO10. The lowest BCUT2D eigenvalue weighted by molar-refractivity contribution is -0.303. The maximum atomic E-state index is 13.1. The van der Waals surface area contributed by atoms with Gasteiger partial charge in [-0.15, -0.1) is 0 Å². The van der Waals surface area contributed by atoms with Crippen molar-refractivity contribution in [1.29, 1.82) is 0 Å². The van der Waals surface area contributed by atoms with E-state index in [0.29, 0.717) is 12.8 Å². The highest BCUT2D eigenvalue weighted by molar-refractivity contribution is 5.80. The van der Waals surface area contributed by atoms with Gasteiger partial charge < -0.3 is 50.5 Å². The van der Waals surface area contributed by atoms with Crippen LogP contribution < -0.4 is 5.32 Å². The van der Waals surface area contributed by atoms with E-state index in [4.69, 9.17) is 9.47 Å². The molecular weight excluding hydrogens is 775 g/mol. The van der Waals surface area contributed by atoms with Crippen LogP contribution in [-0.2, 0) is 14.3 Å². The van der Waals surface area contributed by atoms with Gasteiger partial charge in [0.05, 0.1) is 25.4 Å². The SMILES string of the molecule is CCCCCCCCCCCCCCCCC/C=C/CCCC(O)C(O)C(COC1OC(CO)C(O)C(O)C1O)NC(=O)C(O)CCCCCCCCCCCCCCCC. The van der Waals surface area contributed by atoms with E-state index in [-0.39, 0.29) is 12.8 Å². The summed E-state index contributed by atoms with van der Waals surface area (Å²) < 4.78 is 11.1. The number of hydrogen-bond donors (Lipinski definition) is 8. The number of unbranched alkanes of at least 4 members (excludes halogenated alkanes) is 29. The molecule has 0 aromatic rings. The standard InChI is InChI=1S/C50H97NO10/c1-3-5-7-9-11-13-15-17-19-20-21-22-23-24-26-27-29-31-33-35-37-42(53)45(55)41(40-60-50-48(58)47(57)46(56)44(39-52)61-50)51-49(59)43(54)38-36-34-32-30-28-25-18-16-14-12-10-8-6-4-2/h29,31,41-48,50,52-58H,3-28,30,32-40H2,1-2H3,(H,51,59)/b31-29+. The summed E-state index contributed by atoms with van der Waals surface area (Å²) in [7, 11) is 0. The van der Waals surface area contributed by atoms with E-state index >= 15 is 0 Å². The Labute approximate surface area is 372 Å². The van der Waals surface area contributed by atoms with Crippen LogP contribution in [0.3, 0.4) is 0 Å². The molecule has 1 aliphatic rings. The van der Waals surface area contributed by atoms with Crippen LogP contribution in [0.2, 0.25) is 0 Å². The van der Waals surface area contributed by atoms with Gasteiger partial charge in [0.15, 0.2) is 6.29 Å². The van der Waals surface area contributed by atoms with Crippen molar-refractivity contribution in [2.24, 2.45) is 0 Å². The molecule has 11 heteroatoms. The Kier molecular flexibility index (Phi) is 38.3. The van der Waals surface area contributed by atoms with E-state index < -0.39 is 74.2 Å². The van der Waals surface area contributed by atoms with Gasteiger partial charge in [-0.3, -0.25) is 4.79 Å². The monoisotopic (exact) mass is 872 g/mol. The molecule has 1 aliphatic heterocycles. The molecule has 1 fully saturated rings. The van der Waals surface area contributed by atoms with E-state index in [1.54, 1.807) is 0 Å². The van der Waals surface area contributed by atoms with Crippen LogP contribution in [0.5, 0.6) is 0 Å². The van der Waals surface area contributed by atoms with Crippen LogP contribution in [-0.4, -0.2) is 110 Å². The van der Waals surface area contributed by atoms with E-state index in [2.05, 4.69) is 31.3 Å². The summed E-state index contributed by atoms with van der Waals surface area (Å²) in [6.07, 6.45) is 32.6. The molecule has 9 atom stereocenters. The second-order valence-electron chi connectivity index (χ2n) is 18.2. The average Bonchev–Trinajstić information content (AvgIpc) is 3.26. The molecule has 1 rings (SSSR count). The molecule has 8 N–H and O–H groups in total. The highest BCUT2D eigenvalue weighted by Gasteiger charge is 2.44. The molecule has 61 heavy (non-hydrogen) atoms. The first-order chi connectivity index (χ1) is 29.7. The summed E-state index contributed by atoms with van der Waals surface area (Å²) in [5.41, 5.74) is 0. The van der Waals surface area contributed by atoms with Crippen LogP contribution in [0.4, 0.5) is 0 Å². The molecule has 0 radical (unpaired) electrons. The molecule has 11 nitrogen and oxygen atoms in total. The summed E-state index contributed by atoms with van der Waals surface area (Å²) >= 11 is 0. The van der Waals surface area contributed by atoms with Gasteiger partial charge in [0, 0.05) is 0 Å². The lowest BCUT2D eigenvalue weighted by Gasteiger charge is -2.40. The molecule has 362 valence electrons. The summed E-state index contributed by atoms with van der Waals surface area (Å²) in [6.45, 7) is 3.45. The highest BCUT2D eigenvalue weighted by Crippen LogP contribution is 2.23. The van der Waals surface area contributed by atoms with Crippen molar-refractivity contribution < 1.29 is 50.0 Å². The van der Waals surface area contributed by atoms with Crippen molar-refractivity contribution in [3.8, 4) is 0 Å². The topological polar surface area (TPSA) is 189 Å². The summed E-state index contributed by atoms with van der Waals surface area (Å²) in [5, 5.41) is 75.8. The number of amides is 1. The van der Waals surface area contributed by atoms with Crippen LogP contribution in [0.1, 0.15) is 232 Å². The normalized spacial score (nSPS) is 21.5. The summed E-state index contributed by atoms with van der Waals surface area (Å²) in [5.74, 6) is -0.704. The van der Waals surface area contributed by atoms with Gasteiger partial charge in [-0.1, -0.05) is 206 Å². The number of aliphatic hydroxyl groups excluding tert-OH is 7. The fourth-order valence-corrected chi connectivity index (χ4v) is 8.32. The molecule has 1 amide bonds. The van der Waals surface area contributed by atoms with Gasteiger partial charge in [-0.05, 0) is 38.5 Å². The first-order valence-corrected chi connectivity index (χ1v) is 25.6. The van der Waals surface area contributed by atoms with E-state index in [1.807, 2.05) is 0 Å². The van der Waals surface area contributed by atoms with Gasteiger partial charge in [0.1, 0.15) is 36.6 Å². The van der Waals surface area contributed by atoms with Crippen molar-refractivity contribution in [3.05, 3.63) is 12.2 Å². The van der Waals surface area contributed by atoms with Crippen molar-refractivity contribution >= 4 is 5.91 Å². The third-order valence-corrected chi connectivity index (χ3v) is 12.6. The van der Waals surface area contributed by atoms with Gasteiger partial charge in [-0.25, -0.2) is 0 Å². The molecule has 1 heterocycles. The quantitative estimate of drug-likeness (QED) is 0.0217. The summed E-state index contributed by atoms with van der Waals surface area (Å²) in [6, 6.07) is -1.18. The Bertz CT molecular complexity index is 1000. The Hall–Kier alpha value is -1.15. The zero-order chi connectivity index (χ0) is 44.8. The van der Waals surface area contributed by atoms with Gasteiger partial charge in [0.25, 0.3) is 0 Å². The lowest BCUT2D eigenvalue weighted by atomic mass is 9.98. The summed E-state index contributed by atoms with van der Waals surface area (Å²) in [4.78, 5) is 13.1. The zero-order valence-electron chi connectivity index (χ0n) is 39.2. The lowest BCUT2D eigenvalue weighted by Crippen LogP contribution is -2.60. The third-order valence-electron chi connectivity index (χ3n) is 12.6.